The SMILES string of the molecule is CC.CCCC(=O)CCCC1CCC2C3C(CCC12C)C1(C)CCCCC1[C@@H](CC)[C@H]3O. The lowest BCUT2D eigenvalue weighted by Gasteiger charge is -2.64. The van der Waals surface area contributed by atoms with E-state index in [4.69, 9.17) is 0 Å². The summed E-state index contributed by atoms with van der Waals surface area (Å²) in [6.07, 6.45) is 16.8. The van der Waals surface area contributed by atoms with E-state index in [1.807, 2.05) is 13.8 Å². The van der Waals surface area contributed by atoms with E-state index in [2.05, 4.69) is 27.7 Å². The number of Topliss-reactive ketones (excluding diaryl/α,β-unsaturated/α-hetero) is 1. The Hall–Kier alpha value is -0.370. The first kappa shape index (κ1) is 26.2. The number of fused-ring (bicyclic) bond motifs is 5. The third-order valence-corrected chi connectivity index (χ3v) is 11.1. The second-order valence-corrected chi connectivity index (χ2v) is 12.2. The van der Waals surface area contributed by atoms with E-state index in [0.717, 1.165) is 49.9 Å². The minimum absolute atomic E-state index is 0.0781. The maximum atomic E-state index is 12.0. The summed E-state index contributed by atoms with van der Waals surface area (Å²) in [5.41, 5.74) is 0.862. The fourth-order valence-corrected chi connectivity index (χ4v) is 9.57. The van der Waals surface area contributed by atoms with Gasteiger partial charge in [0.2, 0.25) is 0 Å². The van der Waals surface area contributed by atoms with Gasteiger partial charge >= 0.3 is 0 Å². The van der Waals surface area contributed by atoms with Crippen LogP contribution in [0.2, 0.25) is 0 Å². The molecule has 0 radical (unpaired) electrons. The van der Waals surface area contributed by atoms with Gasteiger partial charge in [0.05, 0.1) is 6.10 Å². The van der Waals surface area contributed by atoms with Crippen molar-refractivity contribution in [2.45, 2.75) is 138 Å². The van der Waals surface area contributed by atoms with E-state index in [-0.39, 0.29) is 6.10 Å². The summed E-state index contributed by atoms with van der Waals surface area (Å²) in [4.78, 5) is 12.0. The van der Waals surface area contributed by atoms with Crippen molar-refractivity contribution < 1.29 is 9.90 Å². The third-order valence-electron chi connectivity index (χ3n) is 11.1. The van der Waals surface area contributed by atoms with Crippen molar-refractivity contribution in [3.05, 3.63) is 0 Å². The largest absolute Gasteiger partial charge is 0.393 e. The number of ketones is 1. The zero-order valence-corrected chi connectivity index (χ0v) is 22.3. The molecule has 2 nitrogen and oxygen atoms in total. The molecular weight excluding hydrogens is 392 g/mol. The third kappa shape index (κ3) is 4.48. The average Bonchev–Trinajstić information content (AvgIpc) is 3.12. The van der Waals surface area contributed by atoms with E-state index in [0.29, 0.717) is 34.4 Å². The molecule has 0 aromatic carbocycles. The van der Waals surface area contributed by atoms with Gasteiger partial charge in [-0.25, -0.2) is 0 Å². The predicted molar refractivity (Wildman–Crippen MR) is 136 cm³/mol. The summed E-state index contributed by atoms with van der Waals surface area (Å²) in [7, 11) is 0. The van der Waals surface area contributed by atoms with Gasteiger partial charge in [-0.3, -0.25) is 4.79 Å². The van der Waals surface area contributed by atoms with Gasteiger partial charge in [-0.1, -0.05) is 60.8 Å². The predicted octanol–water partition coefficient (Wildman–Crippen LogP) is 8.21. The minimum Gasteiger partial charge on any atom is -0.393 e. The first-order valence-corrected chi connectivity index (χ1v) is 14.6. The molecule has 186 valence electrons. The lowest BCUT2D eigenvalue weighted by atomic mass is 9.41. The summed E-state index contributed by atoms with van der Waals surface area (Å²) in [5.74, 6) is 4.47. The van der Waals surface area contributed by atoms with Crippen LogP contribution in [0.25, 0.3) is 0 Å². The van der Waals surface area contributed by atoms with Gasteiger partial charge in [-0.05, 0) is 104 Å². The van der Waals surface area contributed by atoms with Crippen LogP contribution in [0.4, 0.5) is 0 Å². The van der Waals surface area contributed by atoms with Gasteiger partial charge in [0, 0.05) is 12.8 Å². The van der Waals surface area contributed by atoms with Crippen LogP contribution in [0, 0.1) is 46.3 Å². The van der Waals surface area contributed by atoms with Gasteiger partial charge < -0.3 is 5.11 Å². The summed E-state index contributed by atoms with van der Waals surface area (Å²) in [5, 5.41) is 11.7. The van der Waals surface area contributed by atoms with Crippen LogP contribution in [-0.2, 0) is 4.79 Å². The lowest BCUT2D eigenvalue weighted by molar-refractivity contribution is -0.193. The van der Waals surface area contributed by atoms with Crippen LogP contribution in [0.5, 0.6) is 0 Å². The molecule has 4 fully saturated rings. The fraction of sp³-hybridized carbons (Fsp3) is 0.967. The zero-order valence-electron chi connectivity index (χ0n) is 22.3. The first-order valence-electron chi connectivity index (χ1n) is 14.6. The number of carbonyl (C=O) groups is 1. The summed E-state index contributed by atoms with van der Waals surface area (Å²) < 4.78 is 0. The van der Waals surface area contributed by atoms with Crippen LogP contribution in [0.15, 0.2) is 0 Å². The van der Waals surface area contributed by atoms with Gasteiger partial charge in [0.1, 0.15) is 5.78 Å². The van der Waals surface area contributed by atoms with Gasteiger partial charge in [0.15, 0.2) is 0 Å². The van der Waals surface area contributed by atoms with Crippen molar-refractivity contribution in [3.63, 3.8) is 0 Å². The summed E-state index contributed by atoms with van der Waals surface area (Å²) in [6, 6.07) is 0. The molecule has 0 bridgehead atoms. The molecule has 0 aliphatic heterocycles. The van der Waals surface area contributed by atoms with Gasteiger partial charge in [0.25, 0.3) is 0 Å². The Morgan fingerprint density at radius 3 is 2.28 bits per heavy atom. The normalized spacial score (nSPS) is 45.2. The quantitative estimate of drug-likeness (QED) is 0.428. The van der Waals surface area contributed by atoms with Crippen LogP contribution >= 0.6 is 0 Å². The first-order chi connectivity index (χ1) is 15.4. The minimum atomic E-state index is -0.0781. The van der Waals surface area contributed by atoms with Crippen molar-refractivity contribution in [2.75, 3.05) is 0 Å². The second kappa shape index (κ2) is 10.9. The van der Waals surface area contributed by atoms with Crippen molar-refractivity contribution in [2.24, 2.45) is 46.3 Å². The van der Waals surface area contributed by atoms with Crippen LogP contribution in [0.1, 0.15) is 131 Å². The molecule has 4 saturated carbocycles. The van der Waals surface area contributed by atoms with E-state index >= 15 is 0 Å². The smallest absolute Gasteiger partial charge is 0.132 e. The molecule has 0 aromatic rings. The van der Waals surface area contributed by atoms with Crippen LogP contribution in [-0.4, -0.2) is 17.0 Å². The summed E-state index contributed by atoms with van der Waals surface area (Å²) >= 11 is 0. The Morgan fingerprint density at radius 1 is 0.875 bits per heavy atom. The maximum Gasteiger partial charge on any atom is 0.132 e. The van der Waals surface area contributed by atoms with E-state index < -0.39 is 0 Å². The molecule has 32 heavy (non-hydrogen) atoms. The van der Waals surface area contributed by atoms with Crippen molar-refractivity contribution in [1.82, 2.24) is 0 Å². The van der Waals surface area contributed by atoms with Crippen molar-refractivity contribution in [1.29, 1.82) is 0 Å². The molecule has 4 aliphatic rings. The van der Waals surface area contributed by atoms with Crippen LogP contribution < -0.4 is 0 Å². The van der Waals surface area contributed by atoms with E-state index in [1.54, 1.807) is 0 Å². The maximum absolute atomic E-state index is 12.0. The highest BCUT2D eigenvalue weighted by Crippen LogP contribution is 2.69. The molecule has 0 aromatic heterocycles. The molecular formula is C30H54O2. The van der Waals surface area contributed by atoms with E-state index in [9.17, 15) is 9.90 Å². The number of aliphatic hydroxyl groups excluding tert-OH is 1. The highest BCUT2D eigenvalue weighted by Gasteiger charge is 2.63. The Kier molecular flexibility index (Phi) is 8.95. The van der Waals surface area contributed by atoms with Gasteiger partial charge in [-0.2, -0.15) is 0 Å². The Balaban J connectivity index is 0.00000141. The molecule has 0 heterocycles. The molecule has 4 aliphatic carbocycles. The highest BCUT2D eigenvalue weighted by atomic mass is 16.3. The lowest BCUT2D eigenvalue weighted by Crippen LogP contribution is -2.61. The number of hydrogen-bond donors (Lipinski definition) is 1. The zero-order chi connectivity index (χ0) is 23.5. The second-order valence-electron chi connectivity index (χ2n) is 12.2. The Labute approximate surface area is 199 Å². The van der Waals surface area contributed by atoms with Crippen molar-refractivity contribution >= 4 is 5.78 Å². The molecule has 0 amide bonds. The average molecular weight is 447 g/mol. The molecule has 0 spiro atoms. The molecule has 9 atom stereocenters. The number of rotatable bonds is 7. The van der Waals surface area contributed by atoms with E-state index in [1.165, 1.54) is 57.8 Å². The topological polar surface area (TPSA) is 37.3 Å². The monoisotopic (exact) mass is 446 g/mol. The molecule has 2 heteroatoms. The van der Waals surface area contributed by atoms with Crippen molar-refractivity contribution in [3.8, 4) is 0 Å². The molecule has 0 saturated heterocycles. The Bertz CT molecular complexity index is 614. The highest BCUT2D eigenvalue weighted by molar-refractivity contribution is 5.78. The summed E-state index contributed by atoms with van der Waals surface area (Å²) in [6.45, 7) is 13.6. The fourth-order valence-electron chi connectivity index (χ4n) is 9.57. The number of aliphatic hydroxyl groups is 1. The molecule has 7 unspecified atom stereocenters. The van der Waals surface area contributed by atoms with Crippen LogP contribution in [0.3, 0.4) is 0 Å². The molecule has 4 rings (SSSR count). The standard InChI is InChI=1S/C28H48O2.C2H6/c1-5-10-20(29)12-9-11-19-14-15-23-25-24(16-18-27(19,23)3)28(4)17-8-7-13-22(28)21(6-2)26(25)30;1-2/h19,21-26,30H,5-18H2,1-4H3;1-2H3/t19?,21-,22?,23?,24?,25?,26-,27?,28?;/m1./s1. The van der Waals surface area contributed by atoms with Gasteiger partial charge in [-0.15, -0.1) is 0 Å². The number of carbonyl (C=O) groups excluding carboxylic acids is 1. The molecule has 1 N–H and O–H groups in total. The number of hydrogen-bond acceptors (Lipinski definition) is 2. The Morgan fingerprint density at radius 2 is 1.59 bits per heavy atom.